The number of aryl methyl sites for hydroxylation is 1. The molecule has 16 atom stereocenters. The molecule has 0 saturated carbocycles. The van der Waals surface area contributed by atoms with Crippen LogP contribution >= 0.6 is 31.1 Å². The standard InChI is InChI=1S/C33H47N13O24P4/c1-43-11-46(25-18(43)27(51)42-32(36)40-25)28-19(47)12(6-61-2)13(66-28)7-64-72(55,56)69-74(59,60)70-73(57,58)65-9-15-23(22(62-3)30(68-15)44-5-4-16(34)38-33(44)52)71(53,54)63-8-14-20(48)21(49)29(67-14)45-10-37-17-24(45)39-31(35)41-26(17)50/h4-5,10-15,19-23,28-30,47-49H,6-9H2,1-3H3,(H11-,34,35,36,38,39,40,41,42,50,51,52,53,54,55,56,57,58,59,60)/p+1/t12-,13-,14-,15-,19-,20-,21-,22-,23-,28-,29-,30-/m1/s1. The number of phosphoric acid groups is 3. The Morgan fingerprint density at radius 1 is 0.743 bits per heavy atom. The van der Waals surface area contributed by atoms with Crippen molar-refractivity contribution < 1.29 is 104 Å². The SMILES string of the molecule is COC[C@H]1[C@@H](O)[C@H]([n+]2cn(C)c3c(=O)[nH]c(N)nc32)O[C@@H]1COP(=O)(O)OP(=O)(O)OP(=O)(O)OC[C@H]1O[C@@H](n2ccc(N)nc2=O)[C@H](OC)[C@@H]1P(=O)(O)OC[C@H]1O[C@@H](n2cnc3c(=O)[nH]c(N)nc32)[C@H](O)[C@@H]1O. The lowest BCUT2D eigenvalue weighted by Gasteiger charge is -2.28. The van der Waals surface area contributed by atoms with Crippen LogP contribution in [0.2, 0.25) is 0 Å². The van der Waals surface area contributed by atoms with E-state index in [2.05, 4.69) is 38.5 Å². The third-order valence-corrected chi connectivity index (χ3v) is 17.9. The number of anilines is 3. The molecule has 3 saturated heterocycles. The first-order valence-corrected chi connectivity index (χ1v) is 27.3. The van der Waals surface area contributed by atoms with Gasteiger partial charge in [-0.2, -0.15) is 18.6 Å². The van der Waals surface area contributed by atoms with E-state index in [-0.39, 0.29) is 46.6 Å². The monoisotopic (exact) mass is 1130 g/mol. The number of aliphatic hydroxyl groups is 3. The quantitative estimate of drug-likeness (QED) is 0.0259. The predicted molar refractivity (Wildman–Crippen MR) is 240 cm³/mol. The van der Waals surface area contributed by atoms with Gasteiger partial charge >= 0.3 is 42.4 Å². The molecule has 0 radical (unpaired) electrons. The first kappa shape index (κ1) is 55.5. The Morgan fingerprint density at radius 3 is 2.01 bits per heavy atom. The number of aliphatic hydroxyl groups excluding tert-OH is 3. The van der Waals surface area contributed by atoms with E-state index < -0.39 is 141 Å². The van der Waals surface area contributed by atoms with Crippen LogP contribution in [0, 0.1) is 5.92 Å². The van der Waals surface area contributed by atoms with Crippen LogP contribution in [-0.4, -0.2) is 168 Å². The van der Waals surface area contributed by atoms with Crippen LogP contribution in [0.4, 0.5) is 17.7 Å². The van der Waals surface area contributed by atoms with Crippen molar-refractivity contribution in [3.8, 4) is 0 Å². The van der Waals surface area contributed by atoms with Crippen molar-refractivity contribution in [2.75, 3.05) is 57.8 Å². The van der Waals surface area contributed by atoms with Gasteiger partial charge in [-0.05, 0) is 6.07 Å². The molecular formula is C33H48N13O24P4+. The van der Waals surface area contributed by atoms with E-state index in [1.165, 1.54) is 29.6 Å². The maximum absolute atomic E-state index is 14.3. The van der Waals surface area contributed by atoms with Crippen molar-refractivity contribution >= 4 is 71.1 Å². The Hall–Kier alpha value is -4.78. The van der Waals surface area contributed by atoms with Crippen LogP contribution in [0.1, 0.15) is 18.7 Å². The van der Waals surface area contributed by atoms with E-state index >= 15 is 0 Å². The maximum atomic E-state index is 14.3. The minimum atomic E-state index is -6.21. The van der Waals surface area contributed by atoms with Crippen molar-refractivity contribution in [1.29, 1.82) is 0 Å². The van der Waals surface area contributed by atoms with Crippen molar-refractivity contribution in [1.82, 2.24) is 43.6 Å². The number of rotatable bonds is 20. The molecule has 3 fully saturated rings. The molecule has 5 aromatic rings. The molecule has 0 aliphatic carbocycles. The molecule has 15 N–H and O–H groups in total. The van der Waals surface area contributed by atoms with Gasteiger partial charge in [-0.15, -0.1) is 0 Å². The Balaban J connectivity index is 0.945. The minimum Gasteiger partial charge on any atom is -0.387 e. The van der Waals surface area contributed by atoms with Gasteiger partial charge in [0.15, 0.2) is 29.9 Å². The lowest BCUT2D eigenvalue weighted by atomic mass is 9.99. The molecule has 0 aromatic carbocycles. The summed E-state index contributed by atoms with van der Waals surface area (Å²) < 4.78 is 110. The first-order valence-electron chi connectivity index (χ1n) is 21.2. The highest BCUT2D eigenvalue weighted by Gasteiger charge is 2.58. The number of hydrogen-bond acceptors (Lipinski definition) is 27. The highest BCUT2D eigenvalue weighted by atomic mass is 31.3. The van der Waals surface area contributed by atoms with Gasteiger partial charge in [-0.1, -0.05) is 4.98 Å². The summed E-state index contributed by atoms with van der Waals surface area (Å²) in [5, 5.41) is 33.1. The number of methoxy groups -OCH3 is 2. The van der Waals surface area contributed by atoms with Crippen LogP contribution < -0.4 is 38.6 Å². The van der Waals surface area contributed by atoms with Crippen LogP contribution in [0.5, 0.6) is 0 Å². The molecule has 4 unspecified atom stereocenters. The van der Waals surface area contributed by atoms with Gasteiger partial charge in [0.2, 0.25) is 17.7 Å². The molecule has 8 heterocycles. The smallest absolute Gasteiger partial charge is 0.387 e. The number of hydrogen-bond donors (Lipinski definition) is 12. The zero-order valence-corrected chi connectivity index (χ0v) is 41.8. The number of nitrogens with one attached hydrogen (secondary N) is 2. The molecule has 0 spiro atoms. The fourth-order valence-electron chi connectivity index (χ4n) is 8.54. The lowest BCUT2D eigenvalue weighted by Crippen LogP contribution is -2.45. The number of phosphoric ester groups is 2. The summed E-state index contributed by atoms with van der Waals surface area (Å²) in [6.45, 7) is -3.58. The number of aromatic nitrogens is 10. The van der Waals surface area contributed by atoms with Gasteiger partial charge < -0.3 is 80.3 Å². The largest absolute Gasteiger partial charge is 0.490 e. The Kier molecular flexibility index (Phi) is 15.7. The number of nitrogen functional groups attached to an aromatic ring is 3. The molecule has 74 heavy (non-hydrogen) atoms. The molecule has 3 aliphatic heterocycles. The maximum Gasteiger partial charge on any atom is 0.490 e. The topological polar surface area (TPSA) is 533 Å². The summed E-state index contributed by atoms with van der Waals surface area (Å²) in [7, 11) is -19.6. The number of imidazole rings is 2. The highest BCUT2D eigenvalue weighted by molar-refractivity contribution is 7.66. The number of aromatic amines is 2. The molecular weight excluding hydrogens is 1090 g/mol. The molecule has 5 aromatic heterocycles. The average molecular weight is 1130 g/mol. The summed E-state index contributed by atoms with van der Waals surface area (Å²) in [5.41, 5.74) is 12.1. The average Bonchev–Trinajstić information content (AvgIpc) is 4.10. The highest BCUT2D eigenvalue weighted by Crippen LogP contribution is 2.68. The number of ether oxygens (including phenoxy) is 5. The summed E-state index contributed by atoms with van der Waals surface area (Å²) >= 11 is 0. The van der Waals surface area contributed by atoms with E-state index in [1.807, 2.05) is 0 Å². The van der Waals surface area contributed by atoms with Gasteiger partial charge in [0.25, 0.3) is 17.1 Å². The second kappa shape index (κ2) is 21.0. The van der Waals surface area contributed by atoms with Gasteiger partial charge in [0.1, 0.15) is 48.1 Å². The van der Waals surface area contributed by atoms with E-state index in [9.17, 15) is 67.5 Å². The molecule has 37 nitrogen and oxygen atoms in total. The molecule has 0 bridgehead atoms. The van der Waals surface area contributed by atoms with Crippen LogP contribution in [0.25, 0.3) is 22.3 Å². The van der Waals surface area contributed by atoms with Crippen molar-refractivity contribution in [2.45, 2.75) is 67.1 Å². The molecule has 408 valence electrons. The molecule has 41 heteroatoms. The number of nitrogens with two attached hydrogens (primary N) is 3. The van der Waals surface area contributed by atoms with Crippen molar-refractivity contribution in [3.63, 3.8) is 0 Å². The molecule has 8 rings (SSSR count). The second-order valence-electron chi connectivity index (χ2n) is 16.6. The van der Waals surface area contributed by atoms with E-state index in [0.717, 1.165) is 34.8 Å². The minimum absolute atomic E-state index is 0.0269. The molecule has 0 amide bonds. The summed E-state index contributed by atoms with van der Waals surface area (Å²) in [4.78, 5) is 101. The van der Waals surface area contributed by atoms with Gasteiger partial charge in [0.05, 0.1) is 45.9 Å². The second-order valence-corrected chi connectivity index (χ2v) is 23.2. The van der Waals surface area contributed by atoms with Crippen molar-refractivity contribution in [2.24, 2.45) is 13.0 Å². The zero-order valence-electron chi connectivity index (χ0n) is 38.2. The van der Waals surface area contributed by atoms with Crippen LogP contribution in [0.15, 0.2) is 39.3 Å². The number of nitrogens with zero attached hydrogens (tertiary/aromatic N) is 8. The Bertz CT molecular complexity index is 3300. The lowest BCUT2D eigenvalue weighted by molar-refractivity contribution is -0.745. The van der Waals surface area contributed by atoms with E-state index in [0.29, 0.717) is 0 Å². The third kappa shape index (κ3) is 11.2. The Labute approximate surface area is 411 Å². The fourth-order valence-corrected chi connectivity index (χ4v) is 13.8. The van der Waals surface area contributed by atoms with E-state index in [4.69, 9.17) is 54.5 Å². The summed E-state index contributed by atoms with van der Waals surface area (Å²) in [5.74, 6) is -1.90. The van der Waals surface area contributed by atoms with Crippen LogP contribution in [-0.2, 0) is 71.2 Å². The number of H-pyrrole nitrogens is 2. The summed E-state index contributed by atoms with van der Waals surface area (Å²) in [6, 6.07) is 1.14. The first-order chi connectivity index (χ1) is 34.6. The summed E-state index contributed by atoms with van der Waals surface area (Å²) in [6.07, 6.45) is -12.9. The third-order valence-electron chi connectivity index (χ3n) is 11.7. The van der Waals surface area contributed by atoms with Gasteiger partial charge in [-0.3, -0.25) is 46.9 Å². The molecule has 3 aliphatic rings. The van der Waals surface area contributed by atoms with Gasteiger partial charge in [0, 0.05) is 26.3 Å². The Morgan fingerprint density at radius 2 is 1.36 bits per heavy atom. The van der Waals surface area contributed by atoms with Crippen LogP contribution in [0.3, 0.4) is 0 Å². The van der Waals surface area contributed by atoms with Crippen molar-refractivity contribution in [3.05, 3.63) is 56.1 Å². The fraction of sp³-hybridized carbons (Fsp3) is 0.576. The normalized spacial score (nSPS) is 30.6. The number of fused-ring (bicyclic) bond motifs is 2. The predicted octanol–water partition coefficient (Wildman–Crippen LogP) is -4.32. The van der Waals surface area contributed by atoms with E-state index in [1.54, 1.807) is 0 Å². The zero-order chi connectivity index (χ0) is 54.0. The van der Waals surface area contributed by atoms with Gasteiger partial charge in [-0.25, -0.2) is 28.0 Å².